The van der Waals surface area contributed by atoms with Crippen molar-refractivity contribution in [3.63, 3.8) is 0 Å². The maximum Gasteiger partial charge on any atom is 1.00 e. The first-order valence-corrected chi connectivity index (χ1v) is 17.9. The number of nitrogens with one attached hydrogen (secondary N) is 5. The van der Waals surface area contributed by atoms with Crippen LogP contribution in [-0.2, 0) is 24.5 Å². The van der Waals surface area contributed by atoms with Gasteiger partial charge in [0.1, 0.15) is 21.2 Å². The summed E-state index contributed by atoms with van der Waals surface area (Å²) in [6.45, 7) is 0. The molecular formula is C38H25N9Na2O10S. The van der Waals surface area contributed by atoms with Gasteiger partial charge in [-0.05, 0) is 115 Å². The van der Waals surface area contributed by atoms with E-state index in [1.807, 2.05) is 0 Å². The number of benzene rings is 4. The fourth-order valence-corrected chi connectivity index (χ4v) is 5.42. The molecule has 6 rings (SSSR count). The largest absolute Gasteiger partial charge is 1.00 e. The van der Waals surface area contributed by atoms with Crippen molar-refractivity contribution in [1.29, 1.82) is 0 Å². The third-order valence-corrected chi connectivity index (χ3v) is 8.69. The van der Waals surface area contributed by atoms with Gasteiger partial charge in [0.15, 0.2) is 11.1 Å². The Hall–Kier alpha value is -6.23. The van der Waals surface area contributed by atoms with E-state index in [0.717, 1.165) is 36.4 Å². The second kappa shape index (κ2) is 20.6. The normalized spacial score (nSPS) is 15.3. The maximum atomic E-state index is 12.9. The Morgan fingerprint density at radius 1 is 0.650 bits per heavy atom. The summed E-state index contributed by atoms with van der Waals surface area (Å²) in [5.41, 5.74) is 10.5. The molecule has 2 aliphatic carbocycles. The Morgan fingerprint density at radius 3 is 1.98 bits per heavy atom. The summed E-state index contributed by atoms with van der Waals surface area (Å²) in [4.78, 5) is 72.6. The van der Waals surface area contributed by atoms with Crippen molar-refractivity contribution < 1.29 is 96.4 Å². The number of amides is 1. The molecule has 0 radical (unpaired) electrons. The molecule has 2 aliphatic rings. The van der Waals surface area contributed by atoms with E-state index in [9.17, 15) is 46.8 Å². The third-order valence-electron chi connectivity index (χ3n) is 7.86. The van der Waals surface area contributed by atoms with Crippen LogP contribution in [0.4, 0.5) is 22.7 Å². The summed E-state index contributed by atoms with van der Waals surface area (Å²) < 4.78 is 34.0. The number of carboxylic acids is 1. The predicted molar refractivity (Wildman–Crippen MR) is 206 cm³/mol. The molecule has 0 heterocycles. The van der Waals surface area contributed by atoms with E-state index in [1.54, 1.807) is 36.4 Å². The number of hydrogen-bond acceptors (Lipinski definition) is 18. The van der Waals surface area contributed by atoms with Gasteiger partial charge in [-0.3, -0.25) is 34.8 Å². The van der Waals surface area contributed by atoms with Crippen LogP contribution < -0.4 is 113 Å². The summed E-state index contributed by atoms with van der Waals surface area (Å²) >= 11 is 0. The molecule has 19 nitrogen and oxygen atoms in total. The van der Waals surface area contributed by atoms with Crippen LogP contribution in [-0.4, -0.2) is 47.8 Å². The van der Waals surface area contributed by atoms with Crippen molar-refractivity contribution in [3.05, 3.63) is 169 Å². The molecule has 5 N–H and O–H groups in total. The number of nitrogens with zero attached hydrogens (tertiary/aromatic N) is 4. The number of rotatable bonds is 12. The van der Waals surface area contributed by atoms with Gasteiger partial charge in [0, 0.05) is 16.8 Å². The molecule has 0 fully saturated rings. The molecule has 60 heavy (non-hydrogen) atoms. The monoisotopic (exact) mass is 845 g/mol. The first-order valence-electron chi connectivity index (χ1n) is 16.5. The number of hydrazone groups is 1. The topological polar surface area (TPSA) is 292 Å². The SMILES string of the molecule is O=C([O-])C1=C/C(=N/Nc2ccc(C(=O)Nc3ccc(N\N=c4/ccc(=O)c(=O)/c4=N/N=C4\C=C(NNc5cccc(S(=O)(=O)[O-])c5)C=CC4=O)cc3)cc2)C=CC1=O.[Na+].[Na+]. The molecular weight excluding hydrogens is 821 g/mol. The van der Waals surface area contributed by atoms with Crippen molar-refractivity contribution in [3.8, 4) is 0 Å². The molecule has 0 aliphatic heterocycles. The van der Waals surface area contributed by atoms with Crippen molar-refractivity contribution in [1.82, 2.24) is 5.43 Å². The van der Waals surface area contributed by atoms with Crippen LogP contribution in [0.5, 0.6) is 0 Å². The summed E-state index contributed by atoms with van der Waals surface area (Å²) in [5.74, 6) is -3.32. The summed E-state index contributed by atoms with van der Waals surface area (Å²) in [7, 11) is -4.69. The van der Waals surface area contributed by atoms with Gasteiger partial charge in [-0.2, -0.15) is 10.2 Å². The number of carbonyl (C=O) groups excluding carboxylic acids is 4. The van der Waals surface area contributed by atoms with Gasteiger partial charge < -0.3 is 30.6 Å². The van der Waals surface area contributed by atoms with Crippen molar-refractivity contribution >= 4 is 67.7 Å². The third kappa shape index (κ3) is 12.2. The zero-order chi connectivity index (χ0) is 41.4. The van der Waals surface area contributed by atoms with Gasteiger partial charge in [0.2, 0.25) is 11.2 Å². The molecule has 0 spiro atoms. The van der Waals surface area contributed by atoms with Crippen molar-refractivity contribution in [2.45, 2.75) is 4.90 Å². The molecule has 290 valence electrons. The molecule has 0 unspecified atom stereocenters. The molecule has 0 aromatic heterocycles. The van der Waals surface area contributed by atoms with E-state index in [4.69, 9.17) is 0 Å². The van der Waals surface area contributed by atoms with E-state index < -0.39 is 60.2 Å². The van der Waals surface area contributed by atoms with Crippen LogP contribution in [0, 0.1) is 0 Å². The van der Waals surface area contributed by atoms with Gasteiger partial charge >= 0.3 is 59.1 Å². The minimum Gasteiger partial charge on any atom is -0.744 e. The molecule has 0 atom stereocenters. The van der Waals surface area contributed by atoms with Gasteiger partial charge in [0.25, 0.3) is 11.3 Å². The molecule has 0 bridgehead atoms. The van der Waals surface area contributed by atoms with Crippen molar-refractivity contribution in [2.75, 3.05) is 21.6 Å². The summed E-state index contributed by atoms with van der Waals surface area (Å²) in [5, 5.41) is 29.2. The van der Waals surface area contributed by atoms with Gasteiger partial charge in [-0.15, -0.1) is 10.2 Å². The number of hydrogen-bond donors (Lipinski definition) is 5. The number of ketones is 2. The molecule has 4 aromatic carbocycles. The summed E-state index contributed by atoms with van der Waals surface area (Å²) in [6.07, 6.45) is 7.30. The predicted octanol–water partition coefficient (Wildman–Crippen LogP) is -6.15. The molecule has 1 amide bonds. The van der Waals surface area contributed by atoms with E-state index >= 15 is 0 Å². The van der Waals surface area contributed by atoms with Crippen LogP contribution in [0.2, 0.25) is 0 Å². The van der Waals surface area contributed by atoms with Crippen LogP contribution in [0.25, 0.3) is 0 Å². The minimum absolute atomic E-state index is 0. The van der Waals surface area contributed by atoms with E-state index in [1.165, 1.54) is 48.6 Å². The Balaban J connectivity index is 0.00000397. The van der Waals surface area contributed by atoms with Crippen LogP contribution in [0.3, 0.4) is 0 Å². The Bertz CT molecular complexity index is 2920. The minimum atomic E-state index is -4.69. The Kier molecular flexibility index (Phi) is 16.0. The van der Waals surface area contributed by atoms with Gasteiger partial charge in [0.05, 0.1) is 39.3 Å². The molecule has 0 saturated carbocycles. The fourth-order valence-electron chi connectivity index (χ4n) is 4.91. The zero-order valence-electron chi connectivity index (χ0n) is 31.3. The van der Waals surface area contributed by atoms with E-state index in [2.05, 4.69) is 47.4 Å². The number of carbonyl (C=O) groups is 4. The number of hydrazine groups is 1. The Labute approximate surface area is 382 Å². The quantitative estimate of drug-likeness (QED) is 0.0169. The Morgan fingerprint density at radius 2 is 1.30 bits per heavy atom. The van der Waals surface area contributed by atoms with E-state index in [0.29, 0.717) is 22.6 Å². The number of anilines is 4. The van der Waals surface area contributed by atoms with Crippen LogP contribution >= 0.6 is 0 Å². The average molecular weight is 846 g/mol. The number of carboxylic acid groups (broad SMARTS) is 1. The number of allylic oxidation sites excluding steroid dienone is 6. The van der Waals surface area contributed by atoms with Crippen LogP contribution in [0.15, 0.2) is 168 Å². The molecule has 22 heteroatoms. The summed E-state index contributed by atoms with van der Waals surface area (Å²) in [6, 6.07) is 19.8. The van der Waals surface area contributed by atoms with Crippen LogP contribution in [0.1, 0.15) is 10.4 Å². The maximum absolute atomic E-state index is 12.9. The van der Waals surface area contributed by atoms with Gasteiger partial charge in [-0.25, -0.2) is 8.42 Å². The molecule has 4 aromatic rings. The zero-order valence-corrected chi connectivity index (χ0v) is 36.1. The van der Waals surface area contributed by atoms with Crippen molar-refractivity contribution in [2.24, 2.45) is 20.4 Å². The first-order chi connectivity index (χ1) is 27.7. The van der Waals surface area contributed by atoms with Gasteiger partial charge in [-0.1, -0.05) is 6.07 Å². The fraction of sp³-hybridized carbons (Fsp3) is 0. The second-order valence-electron chi connectivity index (χ2n) is 11.9. The first kappa shape index (κ1) is 46.5. The number of aliphatic carboxylic acids is 1. The van der Waals surface area contributed by atoms with E-state index in [-0.39, 0.29) is 87.3 Å². The molecule has 0 saturated heterocycles. The smallest absolute Gasteiger partial charge is 0.744 e. The standard InChI is InChI=1S/C38H27N9O10S.2Na/c48-32-15-12-26(19-29(32)38(53)54)43-40-23-6-4-21(5-7-23)37(52)39-22-8-10-24(11-9-22)41-45-30-14-17-34(50)36(51)35(30)47-46-31-20-27(13-16-33(31)49)44-42-25-2-1-3-28(18-25)58(55,56)57;;/h1-20,40-42,44H,(H,39,52)(H,53,54)(H,55,56,57);;/q;2*+1/p-2/b43-26+,45-30+,46-31+,47-35+;;. The second-order valence-corrected chi connectivity index (χ2v) is 13.3. The average Bonchev–Trinajstić information content (AvgIpc) is 3.21.